The summed E-state index contributed by atoms with van der Waals surface area (Å²) in [7, 11) is 0. The summed E-state index contributed by atoms with van der Waals surface area (Å²) in [6.07, 6.45) is -3.85. The lowest BCUT2D eigenvalue weighted by atomic mass is 9.47. The van der Waals surface area contributed by atoms with Crippen LogP contribution >= 0.6 is 0 Å². The lowest BCUT2D eigenvalue weighted by Gasteiger charge is -2.63. The minimum Gasteiger partial charge on any atom is -0.465 e. The molecule has 11 nitrogen and oxygen atoms in total. The predicted octanol–water partition coefficient (Wildman–Crippen LogP) is 3.16. The summed E-state index contributed by atoms with van der Waals surface area (Å²) in [6.45, 7) is 9.97. The Hall–Kier alpha value is -3.47. The molecule has 1 aliphatic heterocycles. The average molecular weight is 575 g/mol. The molecule has 41 heavy (non-hydrogen) atoms. The average Bonchev–Trinajstić information content (AvgIpc) is 3.06. The Morgan fingerprint density at radius 3 is 1.98 bits per heavy atom. The topological polar surface area (TPSA) is 141 Å². The maximum Gasteiger partial charge on any atom is 0.338 e. The van der Waals surface area contributed by atoms with Gasteiger partial charge in [0.15, 0.2) is 6.10 Å². The van der Waals surface area contributed by atoms with Crippen molar-refractivity contribution in [3.63, 3.8) is 0 Å². The molecule has 2 aliphatic carbocycles. The molecule has 1 spiro atoms. The molecule has 1 saturated heterocycles. The Morgan fingerprint density at radius 1 is 0.805 bits per heavy atom. The molecule has 2 bridgehead atoms. The zero-order valence-corrected chi connectivity index (χ0v) is 24.5. The van der Waals surface area contributed by atoms with Gasteiger partial charge in [0.2, 0.25) is 0 Å². The van der Waals surface area contributed by atoms with Crippen LogP contribution in [0.2, 0.25) is 0 Å². The fourth-order valence-corrected chi connectivity index (χ4v) is 7.44. The largest absolute Gasteiger partial charge is 0.465 e. The summed E-state index contributed by atoms with van der Waals surface area (Å²) in [5, 5.41) is 0. The fourth-order valence-electron chi connectivity index (χ4n) is 7.44. The summed E-state index contributed by atoms with van der Waals surface area (Å²) >= 11 is 0. The molecule has 11 heteroatoms. The van der Waals surface area contributed by atoms with Gasteiger partial charge in [0.25, 0.3) is 0 Å². The van der Waals surface area contributed by atoms with Crippen LogP contribution in [0.5, 0.6) is 0 Å². The highest BCUT2D eigenvalue weighted by molar-refractivity contribution is 5.89. The van der Waals surface area contributed by atoms with Crippen LogP contribution in [0.3, 0.4) is 0 Å². The van der Waals surface area contributed by atoms with E-state index in [2.05, 4.69) is 0 Å². The Balaban J connectivity index is 2.06. The first-order valence-electron chi connectivity index (χ1n) is 13.8. The maximum atomic E-state index is 13.7. The molecule has 0 amide bonds. The molecule has 0 N–H and O–H groups in total. The van der Waals surface area contributed by atoms with Crippen molar-refractivity contribution in [2.75, 3.05) is 6.61 Å². The number of fused-ring (bicyclic) bond motifs is 1. The number of rotatable bonds is 7. The van der Waals surface area contributed by atoms with E-state index in [0.717, 1.165) is 0 Å². The second-order valence-electron chi connectivity index (χ2n) is 11.7. The first-order valence-corrected chi connectivity index (χ1v) is 13.8. The number of ether oxygens (including phenoxy) is 6. The third-order valence-corrected chi connectivity index (χ3v) is 8.70. The van der Waals surface area contributed by atoms with E-state index in [1.54, 1.807) is 44.2 Å². The van der Waals surface area contributed by atoms with Gasteiger partial charge in [-0.2, -0.15) is 0 Å². The van der Waals surface area contributed by atoms with Crippen molar-refractivity contribution in [3.05, 3.63) is 35.9 Å². The third kappa shape index (κ3) is 5.09. The second kappa shape index (κ2) is 11.1. The van der Waals surface area contributed by atoms with Crippen molar-refractivity contribution < 1.29 is 52.4 Å². The minimum atomic E-state index is -1.64. The van der Waals surface area contributed by atoms with E-state index in [9.17, 15) is 24.0 Å². The van der Waals surface area contributed by atoms with E-state index >= 15 is 0 Å². The van der Waals surface area contributed by atoms with E-state index in [4.69, 9.17) is 28.4 Å². The van der Waals surface area contributed by atoms with Gasteiger partial charge in [-0.15, -0.1) is 0 Å². The molecule has 3 aliphatic rings. The van der Waals surface area contributed by atoms with Gasteiger partial charge in [0.1, 0.15) is 35.9 Å². The van der Waals surface area contributed by atoms with Crippen LogP contribution in [-0.4, -0.2) is 72.1 Å². The lowest BCUT2D eigenvalue weighted by molar-refractivity contribution is -0.314. The first-order chi connectivity index (χ1) is 19.2. The molecule has 1 heterocycles. The van der Waals surface area contributed by atoms with Crippen molar-refractivity contribution >= 4 is 29.8 Å². The highest BCUT2D eigenvalue weighted by Crippen LogP contribution is 2.68. The Kier molecular flexibility index (Phi) is 8.23. The Morgan fingerprint density at radius 2 is 1.41 bits per heavy atom. The molecule has 8 atom stereocenters. The summed E-state index contributed by atoms with van der Waals surface area (Å²) in [5.41, 5.74) is -3.98. The number of carbonyl (C=O) groups is 5. The van der Waals surface area contributed by atoms with Crippen LogP contribution in [-0.2, 0) is 47.6 Å². The molecule has 0 radical (unpaired) electrons. The standard InChI is InChI=1S/C30H38O11/c1-16-13-14-22(37-18(3)32)29(15-36-17(2)31)26(40-27(35)21-11-9-8-10-12-21)24(38-19(4)33)23-25(39-20(5)34)30(16,29)41-28(23,6)7/h8-12,16,22-26H,13-15H2,1-7H3/t16-,22+,23-,24+,25-,26-,29?,30-/m1/s1. The summed E-state index contributed by atoms with van der Waals surface area (Å²) in [4.78, 5) is 63.7. The molecule has 3 fully saturated rings. The molecule has 1 unspecified atom stereocenters. The highest BCUT2D eigenvalue weighted by Gasteiger charge is 2.84. The van der Waals surface area contributed by atoms with E-state index < -0.39 is 83.4 Å². The van der Waals surface area contributed by atoms with Crippen molar-refractivity contribution in [1.29, 1.82) is 0 Å². The molecule has 224 valence electrons. The number of hydrogen-bond donors (Lipinski definition) is 0. The quantitative estimate of drug-likeness (QED) is 0.350. The summed E-state index contributed by atoms with van der Waals surface area (Å²) < 4.78 is 36.7. The summed E-state index contributed by atoms with van der Waals surface area (Å²) in [6, 6.07) is 8.24. The van der Waals surface area contributed by atoms with E-state index in [-0.39, 0.29) is 17.9 Å². The van der Waals surface area contributed by atoms with Crippen LogP contribution in [0, 0.1) is 17.3 Å². The van der Waals surface area contributed by atoms with Crippen LogP contribution in [0.25, 0.3) is 0 Å². The van der Waals surface area contributed by atoms with Crippen LogP contribution < -0.4 is 0 Å². The van der Waals surface area contributed by atoms with Crippen LogP contribution in [0.1, 0.15) is 71.7 Å². The van der Waals surface area contributed by atoms with Gasteiger partial charge < -0.3 is 28.4 Å². The number of benzene rings is 1. The maximum absolute atomic E-state index is 13.7. The molecular weight excluding hydrogens is 536 g/mol. The van der Waals surface area contributed by atoms with Crippen molar-refractivity contribution in [3.8, 4) is 0 Å². The molecule has 4 rings (SSSR count). The van der Waals surface area contributed by atoms with Gasteiger partial charge in [0, 0.05) is 27.7 Å². The molecule has 1 aromatic carbocycles. The molecule has 2 saturated carbocycles. The van der Waals surface area contributed by atoms with Gasteiger partial charge in [-0.05, 0) is 44.7 Å². The van der Waals surface area contributed by atoms with Gasteiger partial charge in [-0.25, -0.2) is 4.79 Å². The minimum absolute atomic E-state index is 0.230. The molecule has 0 aromatic heterocycles. The van der Waals surface area contributed by atoms with Crippen LogP contribution in [0.4, 0.5) is 0 Å². The zero-order valence-electron chi connectivity index (χ0n) is 24.5. The first kappa shape index (κ1) is 30.5. The monoisotopic (exact) mass is 574 g/mol. The SMILES string of the molecule is CC(=O)OCC12[C@@H](OC(C)=O)CC[C@@H](C)[C@]13OC(C)(C)[C@H]([C@H](OC(C)=O)[C@H]2OC(=O)c1ccccc1)[C@H]3OC(C)=O. The number of carbonyl (C=O) groups excluding carboxylic acids is 5. The zero-order chi connectivity index (χ0) is 30.3. The van der Waals surface area contributed by atoms with Gasteiger partial charge in [-0.1, -0.05) is 25.1 Å². The predicted molar refractivity (Wildman–Crippen MR) is 141 cm³/mol. The normalized spacial score (nSPS) is 34.9. The van der Waals surface area contributed by atoms with Gasteiger partial charge >= 0.3 is 29.8 Å². The molecule has 1 aromatic rings. The van der Waals surface area contributed by atoms with E-state index in [0.29, 0.717) is 6.42 Å². The van der Waals surface area contributed by atoms with Crippen LogP contribution in [0.15, 0.2) is 30.3 Å². The second-order valence-corrected chi connectivity index (χ2v) is 11.7. The van der Waals surface area contributed by atoms with Gasteiger partial charge in [0.05, 0.1) is 17.1 Å². The van der Waals surface area contributed by atoms with Crippen molar-refractivity contribution in [1.82, 2.24) is 0 Å². The fraction of sp³-hybridized carbons (Fsp3) is 0.633. The van der Waals surface area contributed by atoms with Gasteiger partial charge in [-0.3, -0.25) is 19.2 Å². The Labute approximate surface area is 239 Å². The van der Waals surface area contributed by atoms with E-state index in [1.165, 1.54) is 27.7 Å². The number of hydrogen-bond acceptors (Lipinski definition) is 11. The summed E-state index contributed by atoms with van der Waals surface area (Å²) in [5.74, 6) is -4.44. The molecular formula is C30H38O11. The van der Waals surface area contributed by atoms with E-state index in [1.807, 2.05) is 6.92 Å². The highest BCUT2D eigenvalue weighted by atomic mass is 16.6. The Bertz CT molecular complexity index is 1210. The third-order valence-electron chi connectivity index (χ3n) is 8.70. The smallest absolute Gasteiger partial charge is 0.338 e. The number of esters is 5. The van der Waals surface area contributed by atoms with Crippen molar-refractivity contribution in [2.45, 2.75) is 96.9 Å². The lowest BCUT2D eigenvalue weighted by Crippen LogP contribution is -2.79. The van der Waals surface area contributed by atoms with Crippen molar-refractivity contribution in [2.24, 2.45) is 17.3 Å².